The lowest BCUT2D eigenvalue weighted by atomic mass is 10.3. The Bertz CT molecular complexity index is 1140. The molecule has 0 unspecified atom stereocenters. The molecule has 0 radical (unpaired) electrons. The highest BCUT2D eigenvalue weighted by Gasteiger charge is 2.19. The third kappa shape index (κ3) is 4.14. The van der Waals surface area contributed by atoms with Gasteiger partial charge in [-0.05, 0) is 25.1 Å². The number of anilines is 1. The van der Waals surface area contributed by atoms with E-state index in [-0.39, 0.29) is 27.7 Å². The van der Waals surface area contributed by atoms with Gasteiger partial charge in [0, 0.05) is 19.2 Å². The van der Waals surface area contributed by atoms with Gasteiger partial charge in [0.2, 0.25) is 0 Å². The Morgan fingerprint density at radius 2 is 1.93 bits per heavy atom. The first-order chi connectivity index (χ1) is 13.8. The van der Waals surface area contributed by atoms with Crippen LogP contribution in [0.2, 0.25) is 5.02 Å². The zero-order valence-electron chi connectivity index (χ0n) is 15.6. The van der Waals surface area contributed by atoms with E-state index in [9.17, 15) is 19.7 Å². The fraction of sp³-hybridized carbons (Fsp3) is 0.158. The molecule has 0 fully saturated rings. The standard InChI is InChI=1S/C19H17ClN4O5/c1-12-18(19(26)23(22(12)2)13-6-4-3-5-7-13)21-17(25)11-29-16-9-8-14(24(27)28)10-15(16)20/h3-10H,11H2,1-2H3,(H,21,25). The van der Waals surface area contributed by atoms with Crippen LogP contribution < -0.4 is 15.6 Å². The van der Waals surface area contributed by atoms with Crippen molar-refractivity contribution in [3.05, 3.63) is 79.7 Å². The molecule has 0 spiro atoms. The maximum absolute atomic E-state index is 12.8. The van der Waals surface area contributed by atoms with Crippen LogP contribution in [0.3, 0.4) is 0 Å². The Morgan fingerprint density at radius 3 is 2.55 bits per heavy atom. The van der Waals surface area contributed by atoms with E-state index < -0.39 is 17.4 Å². The first-order valence-electron chi connectivity index (χ1n) is 8.50. The van der Waals surface area contributed by atoms with Crippen molar-refractivity contribution in [2.24, 2.45) is 7.05 Å². The molecule has 1 heterocycles. The molecular formula is C19H17ClN4O5. The number of benzene rings is 2. The summed E-state index contributed by atoms with van der Waals surface area (Å²) in [6.45, 7) is 1.29. The Balaban J connectivity index is 1.75. The second kappa shape index (κ2) is 8.19. The van der Waals surface area contributed by atoms with Crippen molar-refractivity contribution in [3.63, 3.8) is 0 Å². The number of nitrogens with zero attached hydrogens (tertiary/aromatic N) is 3. The number of hydrogen-bond acceptors (Lipinski definition) is 5. The minimum atomic E-state index is -0.585. The minimum Gasteiger partial charge on any atom is -0.482 e. The average molecular weight is 417 g/mol. The third-order valence-corrected chi connectivity index (χ3v) is 4.60. The number of carbonyl (C=O) groups is 1. The number of nitrogens with one attached hydrogen (secondary N) is 1. The SMILES string of the molecule is Cc1c(NC(=O)COc2ccc([N+](=O)[O-])cc2Cl)c(=O)n(-c2ccccc2)n1C. The largest absolute Gasteiger partial charge is 0.482 e. The number of ether oxygens (including phenoxy) is 1. The van der Waals surface area contributed by atoms with Gasteiger partial charge in [-0.3, -0.25) is 24.4 Å². The fourth-order valence-corrected chi connectivity index (χ4v) is 2.98. The Labute approximate surface area is 170 Å². The highest BCUT2D eigenvalue weighted by atomic mass is 35.5. The van der Waals surface area contributed by atoms with Crippen molar-refractivity contribution in [2.45, 2.75) is 6.92 Å². The lowest BCUT2D eigenvalue weighted by Crippen LogP contribution is -2.25. The summed E-state index contributed by atoms with van der Waals surface area (Å²) in [6, 6.07) is 12.7. The molecular weight excluding hydrogens is 400 g/mol. The highest BCUT2D eigenvalue weighted by molar-refractivity contribution is 6.32. The lowest BCUT2D eigenvalue weighted by Gasteiger charge is -2.08. The van der Waals surface area contributed by atoms with E-state index in [1.807, 2.05) is 18.2 Å². The molecule has 150 valence electrons. The van der Waals surface area contributed by atoms with Crippen LogP contribution in [-0.2, 0) is 11.8 Å². The number of aromatic nitrogens is 2. The quantitative estimate of drug-likeness (QED) is 0.490. The Morgan fingerprint density at radius 1 is 1.24 bits per heavy atom. The molecule has 0 aliphatic carbocycles. The summed E-state index contributed by atoms with van der Waals surface area (Å²) in [5.74, 6) is -0.440. The molecule has 1 N–H and O–H groups in total. The molecule has 10 heteroatoms. The lowest BCUT2D eigenvalue weighted by molar-refractivity contribution is -0.384. The van der Waals surface area contributed by atoms with Crippen molar-refractivity contribution in [2.75, 3.05) is 11.9 Å². The van der Waals surface area contributed by atoms with Crippen LogP contribution in [0, 0.1) is 17.0 Å². The summed E-state index contributed by atoms with van der Waals surface area (Å²) in [6.07, 6.45) is 0. The van der Waals surface area contributed by atoms with Crippen LogP contribution in [0.5, 0.6) is 5.75 Å². The molecule has 0 aliphatic heterocycles. The molecule has 3 aromatic rings. The number of non-ortho nitro benzene ring substituents is 1. The number of hydrogen-bond donors (Lipinski definition) is 1. The van der Waals surface area contributed by atoms with E-state index in [1.165, 1.54) is 16.8 Å². The van der Waals surface area contributed by atoms with E-state index in [0.29, 0.717) is 11.4 Å². The van der Waals surface area contributed by atoms with E-state index in [2.05, 4.69) is 5.32 Å². The molecule has 0 saturated heterocycles. The average Bonchev–Trinajstić information content (AvgIpc) is 2.90. The number of nitro benzene ring substituents is 1. The number of rotatable bonds is 6. The second-order valence-electron chi connectivity index (χ2n) is 6.15. The van der Waals surface area contributed by atoms with Crippen LogP contribution in [0.1, 0.15) is 5.69 Å². The Hall–Kier alpha value is -3.59. The number of amides is 1. The van der Waals surface area contributed by atoms with Gasteiger partial charge < -0.3 is 10.1 Å². The summed E-state index contributed by atoms with van der Waals surface area (Å²) >= 11 is 5.94. The summed E-state index contributed by atoms with van der Waals surface area (Å²) < 4.78 is 8.41. The smallest absolute Gasteiger partial charge is 0.295 e. The molecule has 1 aromatic heterocycles. The predicted octanol–water partition coefficient (Wildman–Crippen LogP) is 3.06. The molecule has 2 aromatic carbocycles. The van der Waals surface area contributed by atoms with Crippen LogP contribution in [0.4, 0.5) is 11.4 Å². The molecule has 1 amide bonds. The van der Waals surface area contributed by atoms with Crippen molar-refractivity contribution >= 4 is 28.9 Å². The topological polar surface area (TPSA) is 108 Å². The van der Waals surface area contributed by atoms with E-state index >= 15 is 0 Å². The Kier molecular flexibility index (Phi) is 5.69. The summed E-state index contributed by atoms with van der Waals surface area (Å²) in [7, 11) is 1.71. The van der Waals surface area contributed by atoms with Gasteiger partial charge in [-0.25, -0.2) is 4.68 Å². The summed E-state index contributed by atoms with van der Waals surface area (Å²) in [4.78, 5) is 35.2. The van der Waals surface area contributed by atoms with Crippen LogP contribution in [-0.4, -0.2) is 26.8 Å². The van der Waals surface area contributed by atoms with Crippen LogP contribution >= 0.6 is 11.6 Å². The summed E-state index contributed by atoms with van der Waals surface area (Å²) in [5.41, 5.74) is 0.809. The van der Waals surface area contributed by atoms with Gasteiger partial charge in [0.1, 0.15) is 11.4 Å². The van der Waals surface area contributed by atoms with E-state index in [1.54, 1.807) is 30.8 Å². The van der Waals surface area contributed by atoms with E-state index in [4.69, 9.17) is 16.3 Å². The minimum absolute atomic E-state index is 0.00863. The maximum Gasteiger partial charge on any atom is 0.295 e. The molecule has 0 aliphatic rings. The zero-order chi connectivity index (χ0) is 21.1. The fourth-order valence-electron chi connectivity index (χ4n) is 2.75. The van der Waals surface area contributed by atoms with Gasteiger partial charge in [-0.2, -0.15) is 0 Å². The van der Waals surface area contributed by atoms with Crippen LogP contribution in [0.25, 0.3) is 5.69 Å². The molecule has 0 bridgehead atoms. The van der Waals surface area contributed by atoms with Gasteiger partial charge in [0.05, 0.1) is 21.3 Å². The van der Waals surface area contributed by atoms with Gasteiger partial charge in [-0.1, -0.05) is 29.8 Å². The van der Waals surface area contributed by atoms with Crippen molar-refractivity contribution < 1.29 is 14.5 Å². The van der Waals surface area contributed by atoms with Crippen LogP contribution in [0.15, 0.2) is 53.3 Å². The molecule has 0 saturated carbocycles. The van der Waals surface area contributed by atoms with Gasteiger partial charge in [0.15, 0.2) is 6.61 Å². The molecule has 9 nitrogen and oxygen atoms in total. The maximum atomic E-state index is 12.8. The predicted molar refractivity (Wildman–Crippen MR) is 108 cm³/mol. The number of nitro groups is 1. The molecule has 0 atom stereocenters. The number of halogens is 1. The van der Waals surface area contributed by atoms with Gasteiger partial charge >= 0.3 is 0 Å². The van der Waals surface area contributed by atoms with E-state index in [0.717, 1.165) is 6.07 Å². The highest BCUT2D eigenvalue weighted by Crippen LogP contribution is 2.28. The first-order valence-corrected chi connectivity index (χ1v) is 8.88. The van der Waals surface area contributed by atoms with Gasteiger partial charge in [-0.15, -0.1) is 0 Å². The number of para-hydroxylation sites is 1. The number of carbonyl (C=O) groups excluding carboxylic acids is 1. The second-order valence-corrected chi connectivity index (χ2v) is 6.55. The van der Waals surface area contributed by atoms with Crippen molar-refractivity contribution in [3.8, 4) is 11.4 Å². The molecule has 29 heavy (non-hydrogen) atoms. The van der Waals surface area contributed by atoms with Gasteiger partial charge in [0.25, 0.3) is 17.2 Å². The monoisotopic (exact) mass is 416 g/mol. The third-order valence-electron chi connectivity index (χ3n) is 4.30. The zero-order valence-corrected chi connectivity index (χ0v) is 16.3. The normalized spacial score (nSPS) is 10.6. The van der Waals surface area contributed by atoms with Crippen molar-refractivity contribution in [1.82, 2.24) is 9.36 Å². The first kappa shape index (κ1) is 20.2. The summed E-state index contributed by atoms with van der Waals surface area (Å²) in [5, 5.41) is 13.3. The van der Waals surface area contributed by atoms with Crippen molar-refractivity contribution in [1.29, 1.82) is 0 Å². The molecule has 3 rings (SSSR count).